The van der Waals surface area contributed by atoms with Crippen LogP contribution in [-0.4, -0.2) is 24.4 Å². The summed E-state index contributed by atoms with van der Waals surface area (Å²) in [6.07, 6.45) is 0.432. The topological polar surface area (TPSA) is 41.5 Å². The highest BCUT2D eigenvalue weighted by Gasteiger charge is 2.05. The SMILES string of the molecule is CCc1cccc(OCC(O)CNc2cccc(I)c2)c1. The van der Waals surface area contributed by atoms with Crippen molar-refractivity contribution < 1.29 is 9.84 Å². The predicted octanol–water partition coefficient (Wildman–Crippen LogP) is 3.71. The minimum Gasteiger partial charge on any atom is -0.491 e. The fraction of sp³-hybridized carbons (Fsp3) is 0.294. The Bertz CT molecular complexity index is 574. The number of aliphatic hydroxyl groups is 1. The van der Waals surface area contributed by atoms with Crippen molar-refractivity contribution in [3.63, 3.8) is 0 Å². The van der Waals surface area contributed by atoms with Crippen molar-refractivity contribution in [1.29, 1.82) is 0 Å². The number of halogens is 1. The molecule has 0 aromatic heterocycles. The van der Waals surface area contributed by atoms with E-state index in [1.165, 1.54) is 9.13 Å². The van der Waals surface area contributed by atoms with E-state index in [0.29, 0.717) is 6.54 Å². The highest BCUT2D eigenvalue weighted by Crippen LogP contribution is 2.15. The fourth-order valence-corrected chi connectivity index (χ4v) is 2.48. The molecule has 0 saturated carbocycles. The molecule has 0 bridgehead atoms. The first-order chi connectivity index (χ1) is 10.2. The summed E-state index contributed by atoms with van der Waals surface area (Å²) in [5.41, 5.74) is 2.24. The van der Waals surface area contributed by atoms with Crippen LogP contribution in [0.3, 0.4) is 0 Å². The number of ether oxygens (including phenoxy) is 1. The number of hydrogen-bond acceptors (Lipinski definition) is 3. The Kier molecular flexibility index (Phi) is 6.32. The minimum atomic E-state index is -0.548. The van der Waals surface area contributed by atoms with Crippen LogP contribution in [0.1, 0.15) is 12.5 Å². The number of benzene rings is 2. The van der Waals surface area contributed by atoms with Crippen molar-refractivity contribution in [2.45, 2.75) is 19.4 Å². The van der Waals surface area contributed by atoms with Gasteiger partial charge < -0.3 is 15.2 Å². The molecule has 0 aliphatic carbocycles. The third kappa shape index (κ3) is 5.55. The number of hydrogen-bond donors (Lipinski definition) is 2. The van der Waals surface area contributed by atoms with Gasteiger partial charge in [-0.15, -0.1) is 0 Å². The largest absolute Gasteiger partial charge is 0.491 e. The highest BCUT2D eigenvalue weighted by molar-refractivity contribution is 14.1. The van der Waals surface area contributed by atoms with E-state index in [1.807, 2.05) is 42.5 Å². The lowest BCUT2D eigenvalue weighted by Gasteiger charge is -2.14. The maximum atomic E-state index is 9.98. The molecular formula is C17H20INO2. The molecule has 0 aliphatic heterocycles. The molecule has 2 aromatic carbocycles. The second-order valence-corrected chi connectivity index (χ2v) is 6.10. The average molecular weight is 397 g/mol. The molecule has 0 amide bonds. The van der Waals surface area contributed by atoms with Crippen molar-refractivity contribution in [2.75, 3.05) is 18.5 Å². The summed E-state index contributed by atoms with van der Waals surface area (Å²) < 4.78 is 6.80. The van der Waals surface area contributed by atoms with E-state index in [0.717, 1.165) is 17.9 Å². The van der Waals surface area contributed by atoms with E-state index in [4.69, 9.17) is 4.74 Å². The van der Waals surface area contributed by atoms with Gasteiger partial charge in [0, 0.05) is 15.8 Å². The number of nitrogens with one attached hydrogen (secondary N) is 1. The van der Waals surface area contributed by atoms with Crippen LogP contribution in [0, 0.1) is 3.57 Å². The molecule has 4 heteroatoms. The normalized spacial score (nSPS) is 12.0. The zero-order valence-electron chi connectivity index (χ0n) is 12.1. The Balaban J connectivity index is 1.78. The van der Waals surface area contributed by atoms with E-state index in [9.17, 15) is 5.11 Å². The standard InChI is InChI=1S/C17H20INO2/c1-2-13-5-3-8-17(9-13)21-12-16(20)11-19-15-7-4-6-14(18)10-15/h3-10,16,19-20H,2,11-12H2,1H3. The van der Waals surface area contributed by atoms with Crippen LogP contribution in [0.25, 0.3) is 0 Å². The first-order valence-corrected chi connectivity index (χ1v) is 8.14. The third-order valence-electron chi connectivity index (χ3n) is 3.12. The third-order valence-corrected chi connectivity index (χ3v) is 3.79. The van der Waals surface area contributed by atoms with Gasteiger partial charge in [-0.25, -0.2) is 0 Å². The molecule has 0 heterocycles. The van der Waals surface area contributed by atoms with Crippen LogP contribution in [-0.2, 0) is 6.42 Å². The van der Waals surface area contributed by atoms with E-state index >= 15 is 0 Å². The van der Waals surface area contributed by atoms with Gasteiger partial charge in [-0.05, 0) is 64.9 Å². The van der Waals surface area contributed by atoms with Crippen molar-refractivity contribution >= 4 is 28.3 Å². The summed E-state index contributed by atoms with van der Waals surface area (Å²) >= 11 is 2.27. The van der Waals surface area contributed by atoms with E-state index in [1.54, 1.807) is 0 Å². The van der Waals surface area contributed by atoms with Gasteiger partial charge in [-0.1, -0.05) is 25.1 Å². The number of aliphatic hydroxyl groups excluding tert-OH is 1. The van der Waals surface area contributed by atoms with Gasteiger partial charge in [0.2, 0.25) is 0 Å². The number of aryl methyl sites for hydroxylation is 1. The fourth-order valence-electron chi connectivity index (χ4n) is 1.94. The number of rotatable bonds is 7. The molecule has 0 radical (unpaired) electrons. The molecular weight excluding hydrogens is 377 g/mol. The highest BCUT2D eigenvalue weighted by atomic mass is 127. The molecule has 0 fully saturated rings. The lowest BCUT2D eigenvalue weighted by Crippen LogP contribution is -2.26. The van der Waals surface area contributed by atoms with Crippen LogP contribution in [0.2, 0.25) is 0 Å². The maximum absolute atomic E-state index is 9.98. The zero-order valence-corrected chi connectivity index (χ0v) is 14.2. The first-order valence-electron chi connectivity index (χ1n) is 7.06. The summed E-state index contributed by atoms with van der Waals surface area (Å²) in [4.78, 5) is 0. The average Bonchev–Trinajstić information content (AvgIpc) is 2.51. The summed E-state index contributed by atoms with van der Waals surface area (Å²) in [7, 11) is 0. The molecule has 3 nitrogen and oxygen atoms in total. The van der Waals surface area contributed by atoms with Gasteiger partial charge in [0.15, 0.2) is 0 Å². The van der Waals surface area contributed by atoms with Crippen LogP contribution in [0.5, 0.6) is 5.75 Å². The van der Waals surface area contributed by atoms with Gasteiger partial charge in [0.25, 0.3) is 0 Å². The second kappa shape index (κ2) is 8.24. The van der Waals surface area contributed by atoms with Crippen LogP contribution in [0.4, 0.5) is 5.69 Å². The van der Waals surface area contributed by atoms with Crippen LogP contribution in [0.15, 0.2) is 48.5 Å². The van der Waals surface area contributed by atoms with E-state index in [2.05, 4.69) is 40.9 Å². The molecule has 0 spiro atoms. The van der Waals surface area contributed by atoms with Gasteiger partial charge in [0.1, 0.15) is 18.5 Å². The van der Waals surface area contributed by atoms with Crippen molar-refractivity contribution in [3.05, 3.63) is 57.7 Å². The lowest BCUT2D eigenvalue weighted by atomic mass is 10.2. The lowest BCUT2D eigenvalue weighted by molar-refractivity contribution is 0.117. The second-order valence-electron chi connectivity index (χ2n) is 4.86. The van der Waals surface area contributed by atoms with Gasteiger partial charge >= 0.3 is 0 Å². The quantitative estimate of drug-likeness (QED) is 0.701. The first kappa shape index (κ1) is 16.1. The number of anilines is 1. The molecule has 2 rings (SSSR count). The van der Waals surface area contributed by atoms with Crippen molar-refractivity contribution in [1.82, 2.24) is 0 Å². The molecule has 1 atom stereocenters. The molecule has 112 valence electrons. The Labute approximate surface area is 139 Å². The van der Waals surface area contributed by atoms with Gasteiger partial charge in [-0.3, -0.25) is 0 Å². The molecule has 0 aliphatic rings. The Morgan fingerprint density at radius 1 is 1.19 bits per heavy atom. The smallest absolute Gasteiger partial charge is 0.119 e. The Morgan fingerprint density at radius 2 is 2.00 bits per heavy atom. The maximum Gasteiger partial charge on any atom is 0.119 e. The summed E-state index contributed by atoms with van der Waals surface area (Å²) in [6.45, 7) is 2.86. The Hall–Kier alpha value is -1.27. The van der Waals surface area contributed by atoms with Gasteiger partial charge in [0.05, 0.1) is 0 Å². The summed E-state index contributed by atoms with van der Waals surface area (Å²) in [6, 6.07) is 16.0. The molecule has 0 saturated heterocycles. The molecule has 2 N–H and O–H groups in total. The summed E-state index contributed by atoms with van der Waals surface area (Å²) in [5, 5.41) is 13.2. The summed E-state index contributed by atoms with van der Waals surface area (Å²) in [5.74, 6) is 0.808. The van der Waals surface area contributed by atoms with Crippen molar-refractivity contribution in [3.8, 4) is 5.75 Å². The molecule has 21 heavy (non-hydrogen) atoms. The molecule has 2 aromatic rings. The van der Waals surface area contributed by atoms with Crippen LogP contribution < -0.4 is 10.1 Å². The van der Waals surface area contributed by atoms with E-state index < -0.39 is 6.10 Å². The van der Waals surface area contributed by atoms with E-state index in [-0.39, 0.29) is 6.61 Å². The molecule has 1 unspecified atom stereocenters. The van der Waals surface area contributed by atoms with Gasteiger partial charge in [-0.2, -0.15) is 0 Å². The minimum absolute atomic E-state index is 0.282. The monoisotopic (exact) mass is 397 g/mol. The zero-order chi connectivity index (χ0) is 15.1. The predicted molar refractivity (Wildman–Crippen MR) is 95.0 cm³/mol. The van der Waals surface area contributed by atoms with Crippen LogP contribution >= 0.6 is 22.6 Å². The van der Waals surface area contributed by atoms with Crippen molar-refractivity contribution in [2.24, 2.45) is 0 Å². The Morgan fingerprint density at radius 3 is 2.76 bits per heavy atom.